The van der Waals surface area contributed by atoms with E-state index in [2.05, 4.69) is 10.5 Å². The SMILES string of the molecule is O=C(Cc1cccc2ccccc12)N/N=C/c1cccc(OC(=O)c2ccco2)c1. The van der Waals surface area contributed by atoms with Gasteiger partial charge in [0, 0.05) is 0 Å². The predicted octanol–water partition coefficient (Wildman–Crippen LogP) is 4.34. The summed E-state index contributed by atoms with van der Waals surface area (Å²) in [4.78, 5) is 24.2. The van der Waals surface area contributed by atoms with Crippen LogP contribution < -0.4 is 10.2 Å². The van der Waals surface area contributed by atoms with Gasteiger partial charge in [-0.15, -0.1) is 0 Å². The quantitative estimate of drug-likeness (QED) is 0.227. The zero-order valence-corrected chi connectivity index (χ0v) is 15.9. The van der Waals surface area contributed by atoms with Gasteiger partial charge in [-0.25, -0.2) is 10.2 Å². The van der Waals surface area contributed by atoms with Crippen molar-refractivity contribution in [3.63, 3.8) is 0 Å². The molecule has 0 radical (unpaired) electrons. The van der Waals surface area contributed by atoms with Crippen molar-refractivity contribution in [1.29, 1.82) is 0 Å². The van der Waals surface area contributed by atoms with Crippen LogP contribution in [0.2, 0.25) is 0 Å². The molecule has 4 aromatic rings. The van der Waals surface area contributed by atoms with Gasteiger partial charge in [0.15, 0.2) is 0 Å². The van der Waals surface area contributed by atoms with Crippen LogP contribution in [0, 0.1) is 0 Å². The van der Waals surface area contributed by atoms with Crippen LogP contribution in [0.15, 0.2) is 94.6 Å². The Hall–Kier alpha value is -4.19. The lowest BCUT2D eigenvalue weighted by Gasteiger charge is -2.05. The van der Waals surface area contributed by atoms with Crippen molar-refractivity contribution >= 4 is 28.9 Å². The second-order valence-corrected chi connectivity index (χ2v) is 6.55. The monoisotopic (exact) mass is 398 g/mol. The maximum Gasteiger partial charge on any atom is 0.379 e. The van der Waals surface area contributed by atoms with Crippen molar-refractivity contribution in [3.8, 4) is 5.75 Å². The van der Waals surface area contributed by atoms with Crippen molar-refractivity contribution < 1.29 is 18.7 Å². The van der Waals surface area contributed by atoms with E-state index in [1.807, 2.05) is 42.5 Å². The number of rotatable bonds is 6. The number of ether oxygens (including phenoxy) is 1. The molecule has 0 saturated heterocycles. The Bertz CT molecular complexity index is 1210. The number of fused-ring (bicyclic) bond motifs is 1. The van der Waals surface area contributed by atoms with Gasteiger partial charge in [-0.2, -0.15) is 5.10 Å². The van der Waals surface area contributed by atoms with Crippen molar-refractivity contribution in [2.45, 2.75) is 6.42 Å². The second-order valence-electron chi connectivity index (χ2n) is 6.55. The average Bonchev–Trinajstić information content (AvgIpc) is 3.30. The summed E-state index contributed by atoms with van der Waals surface area (Å²) in [5.74, 6) is -0.335. The molecule has 6 heteroatoms. The van der Waals surface area contributed by atoms with E-state index in [4.69, 9.17) is 9.15 Å². The van der Waals surface area contributed by atoms with Gasteiger partial charge in [-0.05, 0) is 46.2 Å². The molecule has 0 unspecified atom stereocenters. The fourth-order valence-corrected chi connectivity index (χ4v) is 3.05. The lowest BCUT2D eigenvalue weighted by atomic mass is 10.0. The molecule has 0 atom stereocenters. The fraction of sp³-hybridized carbons (Fsp3) is 0.0417. The smallest absolute Gasteiger partial charge is 0.379 e. The Labute approximate surface area is 172 Å². The highest BCUT2D eigenvalue weighted by Crippen LogP contribution is 2.19. The Balaban J connectivity index is 1.37. The molecule has 1 aromatic heterocycles. The van der Waals surface area contributed by atoms with Crippen molar-refractivity contribution in [1.82, 2.24) is 5.43 Å². The Morgan fingerprint density at radius 3 is 2.67 bits per heavy atom. The van der Waals surface area contributed by atoms with E-state index >= 15 is 0 Å². The maximum atomic E-state index is 12.3. The van der Waals surface area contributed by atoms with E-state index in [1.54, 1.807) is 30.3 Å². The molecule has 0 aliphatic rings. The number of nitrogens with one attached hydrogen (secondary N) is 1. The summed E-state index contributed by atoms with van der Waals surface area (Å²) >= 11 is 0. The van der Waals surface area contributed by atoms with Gasteiger partial charge in [-0.3, -0.25) is 4.79 Å². The molecular formula is C24H18N2O4. The molecule has 1 amide bonds. The minimum Gasteiger partial charge on any atom is -0.457 e. The summed E-state index contributed by atoms with van der Waals surface area (Å²) < 4.78 is 10.3. The van der Waals surface area contributed by atoms with Crippen LogP contribution in [-0.4, -0.2) is 18.1 Å². The number of carbonyl (C=O) groups is 2. The van der Waals surface area contributed by atoms with Crippen molar-refractivity contribution in [3.05, 3.63) is 102 Å². The van der Waals surface area contributed by atoms with Crippen LogP contribution >= 0.6 is 0 Å². The molecule has 6 nitrogen and oxygen atoms in total. The number of benzene rings is 3. The number of furan rings is 1. The zero-order valence-electron chi connectivity index (χ0n) is 15.9. The van der Waals surface area contributed by atoms with Crippen LogP contribution in [0.5, 0.6) is 5.75 Å². The van der Waals surface area contributed by atoms with Gasteiger partial charge in [0.05, 0.1) is 18.9 Å². The number of nitrogens with zero attached hydrogens (tertiary/aromatic N) is 1. The first-order valence-electron chi connectivity index (χ1n) is 9.33. The number of hydrogen-bond donors (Lipinski definition) is 1. The number of hydrogen-bond acceptors (Lipinski definition) is 5. The average molecular weight is 398 g/mol. The van der Waals surface area contributed by atoms with E-state index in [9.17, 15) is 9.59 Å². The first-order chi connectivity index (χ1) is 14.7. The number of amides is 1. The van der Waals surface area contributed by atoms with E-state index in [-0.39, 0.29) is 18.1 Å². The van der Waals surface area contributed by atoms with Gasteiger partial charge in [0.1, 0.15) is 5.75 Å². The lowest BCUT2D eigenvalue weighted by molar-refractivity contribution is -0.120. The summed E-state index contributed by atoms with van der Waals surface area (Å²) in [6, 6.07) is 23.8. The Kier molecular flexibility index (Phi) is 5.66. The molecule has 0 spiro atoms. The summed E-state index contributed by atoms with van der Waals surface area (Å²) in [6.45, 7) is 0. The van der Waals surface area contributed by atoms with Crippen LogP contribution in [-0.2, 0) is 11.2 Å². The molecule has 148 valence electrons. The fourth-order valence-electron chi connectivity index (χ4n) is 3.05. The van der Waals surface area contributed by atoms with Gasteiger partial charge in [0.25, 0.3) is 0 Å². The number of hydrazone groups is 1. The van der Waals surface area contributed by atoms with Crippen molar-refractivity contribution in [2.75, 3.05) is 0 Å². The molecule has 0 aliphatic heterocycles. The van der Waals surface area contributed by atoms with E-state index in [1.165, 1.54) is 18.5 Å². The van der Waals surface area contributed by atoms with Crippen LogP contribution in [0.4, 0.5) is 0 Å². The molecule has 30 heavy (non-hydrogen) atoms. The first-order valence-corrected chi connectivity index (χ1v) is 9.33. The van der Waals surface area contributed by atoms with E-state index < -0.39 is 5.97 Å². The summed E-state index contributed by atoms with van der Waals surface area (Å²) in [5, 5.41) is 6.14. The van der Waals surface area contributed by atoms with E-state index in [0.717, 1.165) is 16.3 Å². The normalized spacial score (nSPS) is 10.9. The number of carbonyl (C=O) groups excluding carboxylic acids is 2. The highest BCUT2D eigenvalue weighted by molar-refractivity contribution is 5.91. The van der Waals surface area contributed by atoms with Gasteiger partial charge in [-0.1, -0.05) is 54.6 Å². The molecule has 4 rings (SSSR count). The maximum absolute atomic E-state index is 12.3. The molecule has 0 bridgehead atoms. The van der Waals surface area contributed by atoms with Gasteiger partial charge in [0.2, 0.25) is 11.7 Å². The molecule has 0 saturated carbocycles. The van der Waals surface area contributed by atoms with Crippen LogP contribution in [0.1, 0.15) is 21.7 Å². The molecule has 3 aromatic carbocycles. The summed E-state index contributed by atoms with van der Waals surface area (Å²) in [7, 11) is 0. The highest BCUT2D eigenvalue weighted by atomic mass is 16.5. The summed E-state index contributed by atoms with van der Waals surface area (Å²) in [5.41, 5.74) is 4.14. The lowest BCUT2D eigenvalue weighted by Crippen LogP contribution is -2.19. The van der Waals surface area contributed by atoms with Gasteiger partial charge >= 0.3 is 5.97 Å². The third kappa shape index (κ3) is 4.62. The molecule has 0 fully saturated rings. The first kappa shape index (κ1) is 19.1. The third-order valence-electron chi connectivity index (χ3n) is 4.42. The largest absolute Gasteiger partial charge is 0.457 e. The molecule has 1 N–H and O–H groups in total. The number of esters is 1. The molecular weight excluding hydrogens is 380 g/mol. The van der Waals surface area contributed by atoms with Crippen LogP contribution in [0.25, 0.3) is 10.8 Å². The Morgan fingerprint density at radius 1 is 0.967 bits per heavy atom. The molecule has 0 aliphatic carbocycles. The Morgan fingerprint density at radius 2 is 1.80 bits per heavy atom. The van der Waals surface area contributed by atoms with Crippen molar-refractivity contribution in [2.24, 2.45) is 5.10 Å². The standard InChI is InChI=1S/C24H18N2O4/c27-23(15-19-9-4-8-18-7-1-2-11-21(18)19)26-25-16-17-6-3-10-20(14-17)30-24(28)22-12-5-13-29-22/h1-14,16H,15H2,(H,26,27)/b25-16+. The predicted molar refractivity (Wildman–Crippen MR) is 113 cm³/mol. The third-order valence-corrected chi connectivity index (χ3v) is 4.42. The topological polar surface area (TPSA) is 80.9 Å². The van der Waals surface area contributed by atoms with E-state index in [0.29, 0.717) is 11.3 Å². The van der Waals surface area contributed by atoms with Crippen LogP contribution in [0.3, 0.4) is 0 Å². The highest BCUT2D eigenvalue weighted by Gasteiger charge is 2.11. The zero-order chi connectivity index (χ0) is 20.8. The molecule has 1 heterocycles. The second kappa shape index (κ2) is 8.87. The summed E-state index contributed by atoms with van der Waals surface area (Å²) in [6.07, 6.45) is 3.12. The van der Waals surface area contributed by atoms with Gasteiger partial charge < -0.3 is 9.15 Å². The minimum absolute atomic E-state index is 0.120. The minimum atomic E-state index is -0.586.